The van der Waals surface area contributed by atoms with Crippen molar-refractivity contribution >= 4 is 11.9 Å². The number of unbranched alkanes of at least 4 members (excludes halogenated alkanes) is 25. The van der Waals surface area contributed by atoms with Crippen LogP contribution in [0.2, 0.25) is 0 Å². The minimum absolute atomic E-state index is 0.0627. The highest BCUT2D eigenvalue weighted by atomic mass is 16.6. The van der Waals surface area contributed by atoms with E-state index in [0.717, 1.165) is 77.0 Å². The van der Waals surface area contributed by atoms with E-state index in [9.17, 15) is 9.59 Å². The molecular formula is C57H100O5. The maximum absolute atomic E-state index is 12.8. The summed E-state index contributed by atoms with van der Waals surface area (Å²) in [4.78, 5) is 25.4. The highest BCUT2D eigenvalue weighted by Gasteiger charge is 2.17. The van der Waals surface area contributed by atoms with Crippen molar-refractivity contribution < 1.29 is 23.8 Å². The van der Waals surface area contributed by atoms with Crippen LogP contribution >= 0.6 is 0 Å². The molecule has 0 saturated heterocycles. The Bertz CT molecular complexity index is 1110. The fourth-order valence-corrected chi connectivity index (χ4v) is 7.30. The summed E-state index contributed by atoms with van der Waals surface area (Å²) in [6.45, 7) is 7.65. The smallest absolute Gasteiger partial charge is 0.306 e. The average molecular weight is 865 g/mol. The number of esters is 2. The summed E-state index contributed by atoms with van der Waals surface area (Å²) in [6, 6.07) is 0. The van der Waals surface area contributed by atoms with Gasteiger partial charge in [-0.1, -0.05) is 222 Å². The number of carbonyl (C=O) groups is 2. The molecule has 0 aromatic heterocycles. The molecule has 0 aliphatic rings. The Morgan fingerprint density at radius 3 is 1.23 bits per heavy atom. The quantitative estimate of drug-likeness (QED) is 0.0346. The van der Waals surface area contributed by atoms with E-state index in [-0.39, 0.29) is 25.2 Å². The van der Waals surface area contributed by atoms with Crippen LogP contribution in [0.25, 0.3) is 0 Å². The van der Waals surface area contributed by atoms with Crippen LogP contribution in [0.5, 0.6) is 0 Å². The molecule has 0 fully saturated rings. The van der Waals surface area contributed by atoms with Crippen molar-refractivity contribution in [2.24, 2.45) is 0 Å². The lowest BCUT2D eigenvalue weighted by atomic mass is 10.1. The molecule has 0 bridgehead atoms. The van der Waals surface area contributed by atoms with Gasteiger partial charge in [-0.15, -0.1) is 0 Å². The highest BCUT2D eigenvalue weighted by molar-refractivity contribution is 5.70. The third kappa shape index (κ3) is 50.0. The van der Waals surface area contributed by atoms with Crippen molar-refractivity contribution in [3.63, 3.8) is 0 Å². The Morgan fingerprint density at radius 1 is 0.371 bits per heavy atom. The Hall–Kier alpha value is -2.66. The first-order valence-electron chi connectivity index (χ1n) is 26.5. The van der Waals surface area contributed by atoms with E-state index in [2.05, 4.69) is 93.7 Å². The monoisotopic (exact) mass is 865 g/mol. The van der Waals surface area contributed by atoms with Crippen LogP contribution in [0.3, 0.4) is 0 Å². The molecule has 0 aliphatic heterocycles. The molecule has 0 amide bonds. The van der Waals surface area contributed by atoms with Gasteiger partial charge in [-0.3, -0.25) is 9.59 Å². The van der Waals surface area contributed by atoms with Gasteiger partial charge in [0, 0.05) is 19.4 Å². The fraction of sp³-hybridized carbons (Fsp3) is 0.754. The van der Waals surface area contributed by atoms with E-state index in [1.165, 1.54) is 141 Å². The van der Waals surface area contributed by atoms with Crippen LogP contribution in [0.1, 0.15) is 252 Å². The molecule has 0 aromatic carbocycles. The lowest BCUT2D eigenvalue weighted by Crippen LogP contribution is -2.30. The Labute approximate surface area is 385 Å². The van der Waals surface area contributed by atoms with Crippen molar-refractivity contribution in [3.05, 3.63) is 72.9 Å². The van der Waals surface area contributed by atoms with Gasteiger partial charge in [0.25, 0.3) is 0 Å². The lowest BCUT2D eigenvalue weighted by Gasteiger charge is -2.18. The molecule has 0 radical (unpaired) electrons. The molecule has 0 spiro atoms. The second kappa shape index (κ2) is 52.7. The van der Waals surface area contributed by atoms with Gasteiger partial charge in [0.15, 0.2) is 6.10 Å². The average Bonchev–Trinajstić information content (AvgIpc) is 3.27. The summed E-state index contributed by atoms with van der Waals surface area (Å²) >= 11 is 0. The van der Waals surface area contributed by atoms with Gasteiger partial charge in [-0.2, -0.15) is 0 Å². The van der Waals surface area contributed by atoms with Crippen molar-refractivity contribution in [1.29, 1.82) is 0 Å². The number of hydrogen-bond donors (Lipinski definition) is 0. The predicted octanol–water partition coefficient (Wildman–Crippen LogP) is 17.9. The third-order valence-electron chi connectivity index (χ3n) is 11.2. The highest BCUT2D eigenvalue weighted by Crippen LogP contribution is 2.15. The summed E-state index contributed by atoms with van der Waals surface area (Å²) < 4.78 is 17.4. The van der Waals surface area contributed by atoms with E-state index >= 15 is 0 Å². The second-order valence-electron chi connectivity index (χ2n) is 17.4. The largest absolute Gasteiger partial charge is 0.462 e. The molecule has 5 heteroatoms. The maximum Gasteiger partial charge on any atom is 0.306 e. The van der Waals surface area contributed by atoms with Gasteiger partial charge in [0.05, 0.1) is 6.61 Å². The molecule has 0 heterocycles. The zero-order valence-corrected chi connectivity index (χ0v) is 41.1. The third-order valence-corrected chi connectivity index (χ3v) is 11.2. The Balaban J connectivity index is 4.26. The van der Waals surface area contributed by atoms with E-state index < -0.39 is 6.10 Å². The first-order chi connectivity index (χ1) is 30.6. The van der Waals surface area contributed by atoms with Crippen LogP contribution in [0.15, 0.2) is 72.9 Å². The zero-order valence-electron chi connectivity index (χ0n) is 41.1. The molecule has 0 N–H and O–H groups in total. The first kappa shape index (κ1) is 59.3. The SMILES string of the molecule is CC/C=C\C/C=C\C/C=C\C/C=C\CCCCC(=O)OCC(COCCCCCCCCCCCC/C=C\C/C=C\CCCCC)OC(=O)CCCCCCCCCCCCC. The molecular weight excluding hydrogens is 765 g/mol. The molecule has 0 saturated carbocycles. The molecule has 0 aliphatic carbocycles. The van der Waals surface area contributed by atoms with Crippen LogP contribution in [-0.2, 0) is 23.8 Å². The number of ether oxygens (including phenoxy) is 3. The lowest BCUT2D eigenvalue weighted by molar-refractivity contribution is -0.163. The van der Waals surface area contributed by atoms with Gasteiger partial charge >= 0.3 is 11.9 Å². The molecule has 358 valence electrons. The number of carbonyl (C=O) groups excluding carboxylic acids is 2. The van der Waals surface area contributed by atoms with Gasteiger partial charge in [0.1, 0.15) is 6.61 Å². The van der Waals surface area contributed by atoms with Gasteiger partial charge in [-0.25, -0.2) is 0 Å². The van der Waals surface area contributed by atoms with Crippen molar-refractivity contribution in [1.82, 2.24) is 0 Å². The minimum Gasteiger partial charge on any atom is -0.462 e. The summed E-state index contributed by atoms with van der Waals surface area (Å²) in [5, 5.41) is 0. The normalized spacial score (nSPS) is 12.8. The van der Waals surface area contributed by atoms with Crippen LogP contribution in [0.4, 0.5) is 0 Å². The van der Waals surface area contributed by atoms with E-state index in [1.807, 2.05) is 0 Å². The van der Waals surface area contributed by atoms with Gasteiger partial charge in [-0.05, 0) is 89.9 Å². The fourth-order valence-electron chi connectivity index (χ4n) is 7.30. The summed E-state index contributed by atoms with van der Waals surface area (Å²) in [5.41, 5.74) is 0. The Morgan fingerprint density at radius 2 is 0.726 bits per heavy atom. The van der Waals surface area contributed by atoms with Crippen LogP contribution in [0, 0.1) is 0 Å². The summed E-state index contributed by atoms with van der Waals surface area (Å²) in [7, 11) is 0. The molecule has 0 rings (SSSR count). The van der Waals surface area contributed by atoms with E-state index in [0.29, 0.717) is 19.4 Å². The standard InChI is InChI=1S/C57H100O5/c1-4-7-10-13-16-19-22-24-26-27-28-29-30-32-34-37-40-43-46-49-52-60-53-55(62-57(59)51-48-45-42-39-35-21-18-15-12-9-6-3)54-61-56(58)50-47-44-41-38-36-33-31-25-23-20-17-14-11-8-5-2/h8,11,16-17,19-20,24-26,31,36,38,55H,4-7,9-10,12-15,18,21-23,27-30,32-35,37,39-54H2,1-3H3/b11-8-,19-16-,20-17-,26-24-,31-25-,38-36-. The van der Waals surface area contributed by atoms with Gasteiger partial charge in [0.2, 0.25) is 0 Å². The van der Waals surface area contributed by atoms with Crippen molar-refractivity contribution in [2.75, 3.05) is 19.8 Å². The minimum atomic E-state index is -0.554. The Kier molecular flexibility index (Phi) is 50.4. The summed E-state index contributed by atoms with van der Waals surface area (Å²) in [5.74, 6) is -0.442. The van der Waals surface area contributed by atoms with E-state index in [1.54, 1.807) is 0 Å². The second-order valence-corrected chi connectivity index (χ2v) is 17.4. The molecule has 0 aromatic rings. The summed E-state index contributed by atoms with van der Waals surface area (Å²) in [6.07, 6.45) is 67.7. The van der Waals surface area contributed by atoms with Crippen molar-refractivity contribution in [2.45, 2.75) is 258 Å². The topological polar surface area (TPSA) is 61.8 Å². The maximum atomic E-state index is 12.8. The van der Waals surface area contributed by atoms with E-state index in [4.69, 9.17) is 14.2 Å². The number of rotatable bonds is 48. The van der Waals surface area contributed by atoms with Gasteiger partial charge < -0.3 is 14.2 Å². The molecule has 62 heavy (non-hydrogen) atoms. The molecule has 1 atom stereocenters. The first-order valence-corrected chi connectivity index (χ1v) is 26.5. The number of hydrogen-bond acceptors (Lipinski definition) is 5. The molecule has 5 nitrogen and oxygen atoms in total. The molecule has 1 unspecified atom stereocenters. The van der Waals surface area contributed by atoms with Crippen LogP contribution < -0.4 is 0 Å². The van der Waals surface area contributed by atoms with Crippen LogP contribution in [-0.4, -0.2) is 37.9 Å². The van der Waals surface area contributed by atoms with Crippen molar-refractivity contribution in [3.8, 4) is 0 Å². The predicted molar refractivity (Wildman–Crippen MR) is 270 cm³/mol. The number of allylic oxidation sites excluding steroid dienone is 12. The zero-order chi connectivity index (χ0) is 44.9.